The zero-order valence-electron chi connectivity index (χ0n) is 10.9. The molecule has 4 heteroatoms. The van der Waals surface area contributed by atoms with Gasteiger partial charge in [0.2, 0.25) is 5.91 Å². The first kappa shape index (κ1) is 13.0. The normalized spacial score (nSPS) is 10.0. The lowest BCUT2D eigenvalue weighted by Gasteiger charge is -2.10. The highest BCUT2D eigenvalue weighted by atomic mass is 16.5. The van der Waals surface area contributed by atoms with Crippen molar-refractivity contribution in [3.63, 3.8) is 0 Å². The number of amides is 1. The van der Waals surface area contributed by atoms with Crippen LogP contribution in [0.4, 0.5) is 11.4 Å². The molecule has 1 amide bonds. The first-order valence-electron chi connectivity index (χ1n) is 5.96. The fraction of sp³-hybridized carbons (Fsp3) is 0.133. The largest absolute Gasteiger partial charge is 0.457 e. The van der Waals surface area contributed by atoms with Crippen molar-refractivity contribution in [1.29, 1.82) is 0 Å². The second-order valence-electron chi connectivity index (χ2n) is 4.35. The van der Waals surface area contributed by atoms with Crippen LogP contribution >= 0.6 is 0 Å². The number of nitrogen functional groups attached to an aromatic ring is 1. The number of rotatable bonds is 3. The summed E-state index contributed by atoms with van der Waals surface area (Å²) in [6.45, 7) is 3.44. The number of benzene rings is 2. The van der Waals surface area contributed by atoms with Crippen molar-refractivity contribution >= 4 is 17.3 Å². The van der Waals surface area contributed by atoms with Crippen molar-refractivity contribution in [1.82, 2.24) is 0 Å². The molecular formula is C15H16N2O2. The molecule has 0 aliphatic heterocycles. The topological polar surface area (TPSA) is 64.3 Å². The number of hydrogen-bond donors (Lipinski definition) is 2. The first-order valence-corrected chi connectivity index (χ1v) is 5.96. The molecular weight excluding hydrogens is 240 g/mol. The molecule has 2 rings (SSSR count). The minimum atomic E-state index is -0.167. The van der Waals surface area contributed by atoms with Crippen molar-refractivity contribution in [2.24, 2.45) is 0 Å². The summed E-state index contributed by atoms with van der Waals surface area (Å²) in [7, 11) is 0. The van der Waals surface area contributed by atoms with Crippen molar-refractivity contribution < 1.29 is 9.53 Å². The van der Waals surface area contributed by atoms with Gasteiger partial charge in [-0.3, -0.25) is 4.79 Å². The zero-order chi connectivity index (χ0) is 13.8. The molecule has 0 aliphatic carbocycles. The number of aryl methyl sites for hydroxylation is 1. The Morgan fingerprint density at radius 1 is 1.16 bits per heavy atom. The van der Waals surface area contributed by atoms with Crippen LogP contribution < -0.4 is 15.8 Å². The number of nitrogens with one attached hydrogen (secondary N) is 1. The van der Waals surface area contributed by atoms with Gasteiger partial charge in [-0.15, -0.1) is 0 Å². The number of carbonyl (C=O) groups is 1. The number of nitrogens with two attached hydrogens (primary N) is 1. The molecule has 3 N–H and O–H groups in total. The molecule has 4 nitrogen and oxygen atoms in total. The molecule has 0 fully saturated rings. The van der Waals surface area contributed by atoms with E-state index in [2.05, 4.69) is 5.32 Å². The van der Waals surface area contributed by atoms with E-state index in [1.54, 1.807) is 18.2 Å². The van der Waals surface area contributed by atoms with E-state index in [1.807, 2.05) is 31.2 Å². The highest BCUT2D eigenvalue weighted by molar-refractivity contribution is 5.92. The zero-order valence-corrected chi connectivity index (χ0v) is 10.9. The van der Waals surface area contributed by atoms with Gasteiger partial charge in [-0.2, -0.15) is 0 Å². The third-order valence-electron chi connectivity index (χ3n) is 2.56. The predicted octanol–water partition coefficient (Wildman–Crippen LogP) is 3.33. The van der Waals surface area contributed by atoms with Crippen LogP contribution in [0.1, 0.15) is 12.5 Å². The van der Waals surface area contributed by atoms with Crippen LogP contribution in [0.25, 0.3) is 0 Å². The number of hydrogen-bond acceptors (Lipinski definition) is 3. The highest BCUT2D eigenvalue weighted by Crippen LogP contribution is 2.28. The van der Waals surface area contributed by atoms with Crippen LogP contribution in [0.3, 0.4) is 0 Å². The van der Waals surface area contributed by atoms with Gasteiger partial charge >= 0.3 is 0 Å². The van der Waals surface area contributed by atoms with E-state index >= 15 is 0 Å². The van der Waals surface area contributed by atoms with Gasteiger partial charge in [-0.05, 0) is 36.8 Å². The predicted molar refractivity (Wildman–Crippen MR) is 76.4 cm³/mol. The van der Waals surface area contributed by atoms with Crippen molar-refractivity contribution in [2.45, 2.75) is 13.8 Å². The molecule has 2 aromatic rings. The molecule has 0 heterocycles. The molecule has 0 atom stereocenters. The summed E-state index contributed by atoms with van der Waals surface area (Å²) in [6.07, 6.45) is 0. The summed E-state index contributed by atoms with van der Waals surface area (Å²) in [5, 5.41) is 2.67. The fourth-order valence-corrected chi connectivity index (χ4v) is 1.71. The molecule has 0 saturated heterocycles. The van der Waals surface area contributed by atoms with Crippen LogP contribution in [0, 0.1) is 6.92 Å². The lowest BCUT2D eigenvalue weighted by Crippen LogP contribution is -2.08. The maximum absolute atomic E-state index is 11.1. The maximum Gasteiger partial charge on any atom is 0.221 e. The molecule has 0 radical (unpaired) electrons. The molecule has 0 saturated carbocycles. The van der Waals surface area contributed by atoms with Gasteiger partial charge in [0.25, 0.3) is 0 Å². The smallest absolute Gasteiger partial charge is 0.221 e. The first-order chi connectivity index (χ1) is 9.04. The van der Waals surface area contributed by atoms with Crippen LogP contribution in [0.5, 0.6) is 11.5 Å². The van der Waals surface area contributed by atoms with Crippen molar-refractivity contribution in [2.75, 3.05) is 11.1 Å². The van der Waals surface area contributed by atoms with Gasteiger partial charge in [0.1, 0.15) is 11.5 Å². The van der Waals surface area contributed by atoms with Gasteiger partial charge in [0.05, 0.1) is 11.4 Å². The minimum Gasteiger partial charge on any atom is -0.457 e. The quantitative estimate of drug-likeness (QED) is 0.828. The van der Waals surface area contributed by atoms with Crippen LogP contribution in [0.15, 0.2) is 42.5 Å². The third-order valence-corrected chi connectivity index (χ3v) is 2.56. The summed E-state index contributed by atoms with van der Waals surface area (Å²) in [5.74, 6) is 1.21. The van der Waals surface area contributed by atoms with Gasteiger partial charge in [0, 0.05) is 13.0 Å². The lowest BCUT2D eigenvalue weighted by atomic mass is 10.2. The van der Waals surface area contributed by atoms with Gasteiger partial charge < -0.3 is 15.8 Å². The third kappa shape index (κ3) is 3.48. The second-order valence-corrected chi connectivity index (χ2v) is 4.35. The maximum atomic E-state index is 11.1. The molecule has 0 aromatic heterocycles. The second kappa shape index (κ2) is 5.44. The minimum absolute atomic E-state index is 0.167. The Morgan fingerprint density at radius 2 is 1.89 bits per heavy atom. The number of anilines is 2. The molecule has 0 aliphatic rings. The Bertz CT molecular complexity index is 609. The Balaban J connectivity index is 2.23. The molecule has 19 heavy (non-hydrogen) atoms. The van der Waals surface area contributed by atoms with Crippen molar-refractivity contribution in [3.05, 3.63) is 48.0 Å². The molecule has 98 valence electrons. The van der Waals surface area contributed by atoms with Gasteiger partial charge in [-0.25, -0.2) is 0 Å². The standard InChI is InChI=1S/C15H16N2O2/c1-10-4-3-5-12(8-10)19-13-6-7-14(16)15(9-13)17-11(2)18/h3-9H,16H2,1-2H3,(H,17,18). The summed E-state index contributed by atoms with van der Waals surface area (Å²) < 4.78 is 5.73. The van der Waals surface area contributed by atoms with E-state index < -0.39 is 0 Å². The fourth-order valence-electron chi connectivity index (χ4n) is 1.71. The molecule has 0 spiro atoms. The van der Waals surface area contributed by atoms with E-state index in [9.17, 15) is 4.79 Å². The van der Waals surface area contributed by atoms with E-state index in [0.717, 1.165) is 11.3 Å². The van der Waals surface area contributed by atoms with Crippen LogP contribution in [-0.2, 0) is 4.79 Å². The Kier molecular flexibility index (Phi) is 3.71. The van der Waals surface area contributed by atoms with Gasteiger partial charge in [-0.1, -0.05) is 12.1 Å². The summed E-state index contributed by atoms with van der Waals surface area (Å²) in [6, 6.07) is 12.9. The average Bonchev–Trinajstić information content (AvgIpc) is 2.33. The average molecular weight is 256 g/mol. The van der Waals surface area contributed by atoms with E-state index in [1.165, 1.54) is 6.92 Å². The Hall–Kier alpha value is -2.49. The summed E-state index contributed by atoms with van der Waals surface area (Å²) in [4.78, 5) is 11.1. The highest BCUT2D eigenvalue weighted by Gasteiger charge is 2.04. The molecule has 2 aromatic carbocycles. The lowest BCUT2D eigenvalue weighted by molar-refractivity contribution is -0.114. The van der Waals surface area contributed by atoms with E-state index in [4.69, 9.17) is 10.5 Å². The molecule has 0 unspecified atom stereocenters. The summed E-state index contributed by atoms with van der Waals surface area (Å²) in [5.41, 5.74) is 7.97. The molecule has 0 bridgehead atoms. The van der Waals surface area contributed by atoms with E-state index in [0.29, 0.717) is 17.1 Å². The van der Waals surface area contributed by atoms with Crippen LogP contribution in [0.2, 0.25) is 0 Å². The SMILES string of the molecule is CC(=O)Nc1cc(Oc2cccc(C)c2)ccc1N. The Labute approximate surface area is 112 Å². The van der Waals surface area contributed by atoms with Crippen LogP contribution in [-0.4, -0.2) is 5.91 Å². The number of ether oxygens (including phenoxy) is 1. The van der Waals surface area contributed by atoms with Crippen molar-refractivity contribution in [3.8, 4) is 11.5 Å². The monoisotopic (exact) mass is 256 g/mol. The summed E-state index contributed by atoms with van der Waals surface area (Å²) >= 11 is 0. The van der Waals surface area contributed by atoms with E-state index in [-0.39, 0.29) is 5.91 Å². The van der Waals surface area contributed by atoms with Gasteiger partial charge in [0.15, 0.2) is 0 Å². The number of carbonyl (C=O) groups excluding carboxylic acids is 1. The Morgan fingerprint density at radius 3 is 2.58 bits per heavy atom.